The van der Waals surface area contributed by atoms with Crippen LogP contribution >= 0.6 is 11.3 Å². The molecule has 0 aliphatic carbocycles. The molecule has 1 amide bonds. The van der Waals surface area contributed by atoms with Gasteiger partial charge in [-0.1, -0.05) is 12.1 Å². The first-order valence-corrected chi connectivity index (χ1v) is 10.6. The number of hydrogen-bond donors (Lipinski definition) is 2. The Labute approximate surface area is 184 Å². The van der Waals surface area contributed by atoms with E-state index in [-0.39, 0.29) is 12.3 Å². The number of methoxy groups -OCH3 is 1. The minimum atomic E-state index is -0.835. The van der Waals surface area contributed by atoms with Crippen molar-refractivity contribution in [2.24, 2.45) is 0 Å². The van der Waals surface area contributed by atoms with E-state index in [9.17, 15) is 9.59 Å². The zero-order chi connectivity index (χ0) is 22.2. The SMILES string of the molecule is CCOc1cc(COC)cc(C(=O)Nc2ccc(-c3cnc(CCC(=O)O)s3)cc2)c1. The lowest BCUT2D eigenvalue weighted by Gasteiger charge is -2.11. The zero-order valence-electron chi connectivity index (χ0n) is 17.4. The molecule has 0 fully saturated rings. The number of aryl methyl sites for hydroxylation is 1. The van der Waals surface area contributed by atoms with Gasteiger partial charge in [-0.3, -0.25) is 9.59 Å². The van der Waals surface area contributed by atoms with Crippen LogP contribution in [0.15, 0.2) is 48.7 Å². The number of amides is 1. The molecule has 7 nitrogen and oxygen atoms in total. The van der Waals surface area contributed by atoms with E-state index in [1.807, 2.05) is 37.3 Å². The molecule has 0 aliphatic heterocycles. The molecule has 8 heteroatoms. The van der Waals surface area contributed by atoms with Gasteiger partial charge in [0.05, 0.1) is 29.5 Å². The Hall–Kier alpha value is -3.23. The van der Waals surface area contributed by atoms with Crippen LogP contribution < -0.4 is 10.1 Å². The molecule has 31 heavy (non-hydrogen) atoms. The average molecular weight is 441 g/mol. The highest BCUT2D eigenvalue weighted by Crippen LogP contribution is 2.28. The molecule has 0 radical (unpaired) electrons. The molecule has 0 aliphatic rings. The lowest BCUT2D eigenvalue weighted by atomic mass is 10.1. The maximum atomic E-state index is 12.7. The number of carbonyl (C=O) groups excluding carboxylic acids is 1. The summed E-state index contributed by atoms with van der Waals surface area (Å²) in [7, 11) is 1.60. The maximum absolute atomic E-state index is 12.7. The van der Waals surface area contributed by atoms with E-state index < -0.39 is 5.97 Å². The number of hydrogen-bond acceptors (Lipinski definition) is 6. The lowest BCUT2D eigenvalue weighted by Crippen LogP contribution is -2.12. The molecular weight excluding hydrogens is 416 g/mol. The molecule has 0 bridgehead atoms. The molecule has 0 spiro atoms. The molecular formula is C23H24N2O5S. The van der Waals surface area contributed by atoms with Gasteiger partial charge in [0, 0.05) is 31.0 Å². The Morgan fingerprint density at radius 2 is 1.94 bits per heavy atom. The third kappa shape index (κ3) is 6.37. The van der Waals surface area contributed by atoms with E-state index in [1.165, 1.54) is 11.3 Å². The summed E-state index contributed by atoms with van der Waals surface area (Å²) in [4.78, 5) is 28.7. The van der Waals surface area contributed by atoms with Gasteiger partial charge in [0.1, 0.15) is 5.75 Å². The van der Waals surface area contributed by atoms with Crippen molar-refractivity contribution in [3.05, 3.63) is 64.8 Å². The highest BCUT2D eigenvalue weighted by Gasteiger charge is 2.11. The van der Waals surface area contributed by atoms with E-state index in [0.29, 0.717) is 36.6 Å². The normalized spacial score (nSPS) is 10.6. The Kier molecular flexibility index (Phi) is 7.75. The number of benzene rings is 2. The van der Waals surface area contributed by atoms with Crippen molar-refractivity contribution in [2.45, 2.75) is 26.4 Å². The first-order valence-electron chi connectivity index (χ1n) is 9.82. The van der Waals surface area contributed by atoms with Crippen LogP contribution in [0.25, 0.3) is 10.4 Å². The van der Waals surface area contributed by atoms with Crippen molar-refractivity contribution in [3.8, 4) is 16.2 Å². The number of aromatic nitrogens is 1. The third-order valence-electron chi connectivity index (χ3n) is 4.38. The zero-order valence-corrected chi connectivity index (χ0v) is 18.2. The van der Waals surface area contributed by atoms with Crippen LogP contribution in [-0.2, 0) is 22.6 Å². The average Bonchev–Trinajstić information content (AvgIpc) is 3.22. The fourth-order valence-electron chi connectivity index (χ4n) is 2.99. The van der Waals surface area contributed by atoms with E-state index in [2.05, 4.69) is 10.3 Å². The minimum absolute atomic E-state index is 0.0640. The van der Waals surface area contributed by atoms with Gasteiger partial charge in [0.15, 0.2) is 0 Å². The van der Waals surface area contributed by atoms with Crippen LogP contribution in [0.5, 0.6) is 5.75 Å². The van der Waals surface area contributed by atoms with Crippen LogP contribution in [-0.4, -0.2) is 35.7 Å². The molecule has 1 heterocycles. The van der Waals surface area contributed by atoms with Gasteiger partial charge < -0.3 is 19.9 Å². The smallest absolute Gasteiger partial charge is 0.303 e. The molecule has 2 aromatic carbocycles. The van der Waals surface area contributed by atoms with Crippen LogP contribution in [0.2, 0.25) is 0 Å². The Balaban J connectivity index is 1.69. The first-order chi connectivity index (χ1) is 15.0. The van der Waals surface area contributed by atoms with Crippen LogP contribution in [0, 0.1) is 0 Å². The predicted octanol–water partition coefficient (Wildman–Crippen LogP) is 4.62. The Morgan fingerprint density at radius 1 is 1.16 bits per heavy atom. The number of ether oxygens (including phenoxy) is 2. The molecule has 0 unspecified atom stereocenters. The van der Waals surface area contributed by atoms with Crippen LogP contribution in [0.1, 0.15) is 34.3 Å². The van der Waals surface area contributed by atoms with Crippen molar-refractivity contribution >= 4 is 28.9 Å². The molecule has 0 saturated heterocycles. The van der Waals surface area contributed by atoms with Gasteiger partial charge in [-0.2, -0.15) is 0 Å². The van der Waals surface area contributed by atoms with Crippen molar-refractivity contribution in [3.63, 3.8) is 0 Å². The standard InChI is InChI=1S/C23H24N2O5S/c1-3-30-19-11-15(14-29-2)10-17(12-19)23(28)25-18-6-4-16(5-7-18)20-13-24-21(31-20)8-9-22(26)27/h4-7,10-13H,3,8-9,14H2,1-2H3,(H,25,28)(H,26,27). The van der Waals surface area contributed by atoms with E-state index in [0.717, 1.165) is 21.0 Å². The summed E-state index contributed by atoms with van der Waals surface area (Å²) in [5.41, 5.74) is 2.97. The minimum Gasteiger partial charge on any atom is -0.494 e. The number of thiazole rings is 1. The van der Waals surface area contributed by atoms with Crippen molar-refractivity contribution in [2.75, 3.05) is 19.0 Å². The van der Waals surface area contributed by atoms with Gasteiger partial charge in [-0.15, -0.1) is 11.3 Å². The number of rotatable bonds is 10. The monoisotopic (exact) mass is 440 g/mol. The highest BCUT2D eigenvalue weighted by atomic mass is 32.1. The van der Waals surface area contributed by atoms with Gasteiger partial charge in [-0.25, -0.2) is 4.98 Å². The van der Waals surface area contributed by atoms with Gasteiger partial charge in [0.25, 0.3) is 5.91 Å². The number of anilines is 1. The van der Waals surface area contributed by atoms with E-state index >= 15 is 0 Å². The first kappa shape index (κ1) is 22.5. The second-order valence-corrected chi connectivity index (χ2v) is 7.89. The van der Waals surface area contributed by atoms with Crippen LogP contribution in [0.4, 0.5) is 5.69 Å². The molecule has 3 aromatic rings. The fourth-order valence-corrected chi connectivity index (χ4v) is 3.91. The second kappa shape index (κ2) is 10.7. The lowest BCUT2D eigenvalue weighted by molar-refractivity contribution is -0.136. The predicted molar refractivity (Wildman–Crippen MR) is 120 cm³/mol. The third-order valence-corrected chi connectivity index (χ3v) is 5.49. The van der Waals surface area contributed by atoms with Gasteiger partial charge in [0.2, 0.25) is 0 Å². The molecule has 0 saturated carbocycles. The maximum Gasteiger partial charge on any atom is 0.303 e. The quantitative estimate of drug-likeness (QED) is 0.477. The van der Waals surface area contributed by atoms with E-state index in [4.69, 9.17) is 14.6 Å². The summed E-state index contributed by atoms with van der Waals surface area (Å²) in [5, 5.41) is 12.5. The van der Waals surface area contributed by atoms with Crippen molar-refractivity contribution in [1.29, 1.82) is 0 Å². The number of carboxylic acid groups (broad SMARTS) is 1. The second-order valence-electron chi connectivity index (χ2n) is 6.78. The summed E-state index contributed by atoms with van der Waals surface area (Å²) in [6.07, 6.45) is 2.22. The number of nitrogens with one attached hydrogen (secondary N) is 1. The number of nitrogens with zero attached hydrogens (tertiary/aromatic N) is 1. The molecule has 1 aromatic heterocycles. The number of aliphatic carboxylic acids is 1. The van der Waals surface area contributed by atoms with Gasteiger partial charge >= 0.3 is 5.97 Å². The highest BCUT2D eigenvalue weighted by molar-refractivity contribution is 7.15. The van der Waals surface area contributed by atoms with Gasteiger partial charge in [-0.05, 0) is 48.4 Å². The van der Waals surface area contributed by atoms with Crippen LogP contribution in [0.3, 0.4) is 0 Å². The fraction of sp³-hybridized carbons (Fsp3) is 0.261. The molecule has 3 rings (SSSR count). The summed E-state index contributed by atoms with van der Waals surface area (Å²) in [6, 6.07) is 12.8. The molecule has 162 valence electrons. The number of carbonyl (C=O) groups is 2. The summed E-state index contributed by atoms with van der Waals surface area (Å²) < 4.78 is 10.7. The largest absolute Gasteiger partial charge is 0.494 e. The van der Waals surface area contributed by atoms with E-state index in [1.54, 1.807) is 25.4 Å². The molecule has 2 N–H and O–H groups in total. The summed E-state index contributed by atoms with van der Waals surface area (Å²) in [5.74, 6) is -0.445. The topological polar surface area (TPSA) is 97.8 Å². The molecule has 0 atom stereocenters. The number of carboxylic acids is 1. The summed E-state index contributed by atoms with van der Waals surface area (Å²) in [6.45, 7) is 2.79. The van der Waals surface area contributed by atoms with Crippen molar-refractivity contribution in [1.82, 2.24) is 4.98 Å². The van der Waals surface area contributed by atoms with Crippen molar-refractivity contribution < 1.29 is 24.2 Å². The summed E-state index contributed by atoms with van der Waals surface area (Å²) >= 11 is 1.47. The Morgan fingerprint density at radius 3 is 2.61 bits per heavy atom. The Bertz CT molecular complexity index is 1020.